The number of nitrogens with zero attached hydrogens (tertiary/aromatic N) is 1. The van der Waals surface area contributed by atoms with Crippen molar-refractivity contribution >= 4 is 11.8 Å². The smallest absolute Gasteiger partial charge is 0.244 e. The summed E-state index contributed by atoms with van der Waals surface area (Å²) in [5.74, 6) is 1.44. The fourth-order valence-corrected chi connectivity index (χ4v) is 0.914. The third kappa shape index (κ3) is 0.835. The van der Waals surface area contributed by atoms with Gasteiger partial charge in [-0.1, -0.05) is 0 Å². The normalized spacial score (nSPS) is 25.4. The highest BCUT2D eigenvalue weighted by atomic mass is 16.2. The van der Waals surface area contributed by atoms with Crippen molar-refractivity contribution in [2.75, 3.05) is 13.6 Å². The second kappa shape index (κ2) is 2.25. The molecule has 10 heavy (non-hydrogen) atoms. The van der Waals surface area contributed by atoms with Gasteiger partial charge in [0.25, 0.3) is 0 Å². The van der Waals surface area contributed by atoms with Crippen molar-refractivity contribution in [1.29, 1.82) is 0 Å². The molecule has 0 aromatic heterocycles. The van der Waals surface area contributed by atoms with Gasteiger partial charge in [-0.25, -0.2) is 4.79 Å². The topological polar surface area (TPSA) is 63.4 Å². The molecule has 2 N–H and O–H groups in total. The fourth-order valence-electron chi connectivity index (χ4n) is 0.914. The quantitative estimate of drug-likeness (QED) is 0.418. The van der Waals surface area contributed by atoms with Gasteiger partial charge in [-0.05, 0) is 0 Å². The molecule has 0 radical (unpaired) electrons. The summed E-state index contributed by atoms with van der Waals surface area (Å²) in [4.78, 5) is 22.4. The van der Waals surface area contributed by atoms with Gasteiger partial charge < -0.3 is 10.6 Å². The number of carbonyl (C=O) groups excluding carboxylic acids is 2. The Morgan fingerprint density at radius 1 is 1.80 bits per heavy atom. The lowest BCUT2D eigenvalue weighted by Crippen LogP contribution is -2.32. The Balaban J connectivity index is 2.91. The number of nitrogens with two attached hydrogens (primary N) is 1. The second-order valence-electron chi connectivity index (χ2n) is 2.30. The molecule has 0 unspecified atom stereocenters. The Kier molecular flexibility index (Phi) is 1.57. The lowest BCUT2D eigenvalue weighted by molar-refractivity contribution is -0.127. The first-order valence-corrected chi connectivity index (χ1v) is 2.91. The van der Waals surface area contributed by atoms with Crippen molar-refractivity contribution in [2.24, 2.45) is 5.73 Å². The number of amides is 1. The van der Waals surface area contributed by atoms with Crippen molar-refractivity contribution in [2.45, 2.75) is 6.04 Å². The summed E-state index contributed by atoms with van der Waals surface area (Å²) in [7, 11) is 1.60. The largest absolute Gasteiger partial charge is 0.339 e. The van der Waals surface area contributed by atoms with Crippen molar-refractivity contribution in [3.8, 4) is 0 Å². The van der Waals surface area contributed by atoms with Crippen LogP contribution >= 0.6 is 0 Å². The molecule has 0 bridgehead atoms. The first kappa shape index (κ1) is 6.99. The van der Waals surface area contributed by atoms with E-state index in [9.17, 15) is 9.59 Å². The van der Waals surface area contributed by atoms with Crippen LogP contribution in [-0.4, -0.2) is 36.4 Å². The number of hydrogen-bond donors (Lipinski definition) is 1. The van der Waals surface area contributed by atoms with Crippen LogP contribution < -0.4 is 5.73 Å². The maximum Gasteiger partial charge on any atom is 0.244 e. The minimum Gasteiger partial charge on any atom is -0.339 e. The first-order chi connectivity index (χ1) is 4.66. The Morgan fingerprint density at radius 3 is 2.60 bits per heavy atom. The molecule has 4 heteroatoms. The SMILES string of the molecule is CN1CC(=C=O)[C@H](N)C1=O. The summed E-state index contributed by atoms with van der Waals surface area (Å²) in [6.45, 7) is 0.323. The number of likely N-dealkylation sites (tertiary alicyclic amines) is 1. The van der Waals surface area contributed by atoms with E-state index in [0.717, 1.165) is 0 Å². The van der Waals surface area contributed by atoms with Crippen molar-refractivity contribution < 1.29 is 9.59 Å². The predicted octanol–water partition coefficient (Wildman–Crippen LogP) is -1.46. The van der Waals surface area contributed by atoms with E-state index in [1.165, 1.54) is 4.90 Å². The molecule has 1 saturated heterocycles. The zero-order chi connectivity index (χ0) is 7.72. The highest BCUT2D eigenvalue weighted by Gasteiger charge is 2.31. The standard InChI is InChI=1S/C6H8N2O2/c1-8-2-4(3-9)5(7)6(8)10/h5H,2,7H2,1H3/t5-/m0/s1. The van der Waals surface area contributed by atoms with E-state index in [1.807, 2.05) is 0 Å². The summed E-state index contributed by atoms with van der Waals surface area (Å²) >= 11 is 0. The van der Waals surface area contributed by atoms with Gasteiger partial charge in [-0.15, -0.1) is 0 Å². The summed E-state index contributed by atoms with van der Waals surface area (Å²) in [6.07, 6.45) is 0. The van der Waals surface area contributed by atoms with Crippen molar-refractivity contribution in [3.63, 3.8) is 0 Å². The molecule has 54 valence electrons. The van der Waals surface area contributed by atoms with Gasteiger partial charge in [0.1, 0.15) is 12.0 Å². The molecule has 1 aliphatic heterocycles. The molecule has 0 aromatic rings. The van der Waals surface area contributed by atoms with E-state index in [0.29, 0.717) is 12.1 Å². The van der Waals surface area contributed by atoms with Crippen LogP contribution in [0.25, 0.3) is 0 Å². The van der Waals surface area contributed by atoms with Crippen LogP contribution in [0, 0.1) is 0 Å². The monoisotopic (exact) mass is 140 g/mol. The molecule has 0 spiro atoms. The van der Waals surface area contributed by atoms with Crippen LogP contribution in [-0.2, 0) is 9.59 Å². The molecule has 4 nitrogen and oxygen atoms in total. The van der Waals surface area contributed by atoms with Crippen LogP contribution in [0.5, 0.6) is 0 Å². The summed E-state index contributed by atoms with van der Waals surface area (Å²) in [6, 6.07) is -0.748. The predicted molar refractivity (Wildman–Crippen MR) is 34.8 cm³/mol. The number of rotatable bonds is 0. The number of hydrogen-bond acceptors (Lipinski definition) is 3. The average molecular weight is 140 g/mol. The summed E-state index contributed by atoms with van der Waals surface area (Å²) in [5, 5.41) is 0. The molecule has 0 aliphatic carbocycles. The maximum absolute atomic E-state index is 10.9. The Morgan fingerprint density at radius 2 is 2.40 bits per heavy atom. The third-order valence-corrected chi connectivity index (χ3v) is 1.56. The highest BCUT2D eigenvalue weighted by molar-refractivity contribution is 5.91. The summed E-state index contributed by atoms with van der Waals surface area (Å²) in [5.41, 5.74) is 5.67. The van der Waals surface area contributed by atoms with Gasteiger partial charge >= 0.3 is 0 Å². The molecular weight excluding hydrogens is 132 g/mol. The molecular formula is C6H8N2O2. The van der Waals surface area contributed by atoms with Crippen LogP contribution in [0.4, 0.5) is 0 Å². The summed E-state index contributed by atoms with van der Waals surface area (Å²) < 4.78 is 0. The molecule has 1 fully saturated rings. The van der Waals surface area contributed by atoms with E-state index in [4.69, 9.17) is 5.73 Å². The fraction of sp³-hybridized carbons (Fsp3) is 0.500. The van der Waals surface area contributed by atoms with Crippen LogP contribution in [0.3, 0.4) is 0 Å². The maximum atomic E-state index is 10.9. The van der Waals surface area contributed by atoms with Crippen LogP contribution in [0.15, 0.2) is 5.57 Å². The van der Waals surface area contributed by atoms with Crippen LogP contribution in [0.2, 0.25) is 0 Å². The molecule has 1 rings (SSSR count). The number of carbonyl (C=O) groups is 1. The zero-order valence-electron chi connectivity index (χ0n) is 5.63. The second-order valence-corrected chi connectivity index (χ2v) is 2.30. The zero-order valence-corrected chi connectivity index (χ0v) is 5.63. The van der Waals surface area contributed by atoms with E-state index in [1.54, 1.807) is 13.0 Å². The Hall–Kier alpha value is -1.12. The first-order valence-electron chi connectivity index (χ1n) is 2.91. The van der Waals surface area contributed by atoms with E-state index in [-0.39, 0.29) is 5.91 Å². The molecule has 0 aromatic carbocycles. The van der Waals surface area contributed by atoms with Crippen molar-refractivity contribution in [3.05, 3.63) is 5.57 Å². The van der Waals surface area contributed by atoms with E-state index >= 15 is 0 Å². The lowest BCUT2D eigenvalue weighted by Gasteiger charge is -2.04. The third-order valence-electron chi connectivity index (χ3n) is 1.56. The van der Waals surface area contributed by atoms with E-state index < -0.39 is 6.04 Å². The van der Waals surface area contributed by atoms with Crippen molar-refractivity contribution in [1.82, 2.24) is 4.90 Å². The minimum atomic E-state index is -0.748. The van der Waals surface area contributed by atoms with Gasteiger partial charge in [0, 0.05) is 7.05 Å². The van der Waals surface area contributed by atoms with Gasteiger partial charge in [0.2, 0.25) is 5.91 Å². The molecule has 1 amide bonds. The van der Waals surface area contributed by atoms with Gasteiger partial charge in [-0.3, -0.25) is 4.79 Å². The van der Waals surface area contributed by atoms with Gasteiger partial charge in [0.15, 0.2) is 0 Å². The molecule has 1 aliphatic rings. The molecule has 0 saturated carbocycles. The molecule has 1 heterocycles. The van der Waals surface area contributed by atoms with Gasteiger partial charge in [0.05, 0.1) is 12.1 Å². The minimum absolute atomic E-state index is 0.210. The Bertz CT molecular complexity index is 218. The van der Waals surface area contributed by atoms with Crippen LogP contribution in [0.1, 0.15) is 0 Å². The van der Waals surface area contributed by atoms with Gasteiger partial charge in [-0.2, -0.15) is 0 Å². The number of likely N-dealkylation sites (N-methyl/N-ethyl adjacent to an activating group) is 1. The average Bonchev–Trinajstić information content (AvgIpc) is 2.17. The highest BCUT2D eigenvalue weighted by Crippen LogP contribution is 2.09. The van der Waals surface area contributed by atoms with E-state index in [2.05, 4.69) is 0 Å². The Labute approximate surface area is 58.3 Å². The molecule has 1 atom stereocenters. The lowest BCUT2D eigenvalue weighted by atomic mass is 10.2.